The molecule has 0 fully saturated rings. The number of nitrogens with two attached hydrogens (primary N) is 1. The van der Waals surface area contributed by atoms with Gasteiger partial charge in [-0.1, -0.05) is 6.07 Å². The third-order valence-corrected chi connectivity index (χ3v) is 13.0. The van der Waals surface area contributed by atoms with Crippen molar-refractivity contribution in [1.29, 1.82) is 0 Å². The third kappa shape index (κ3) is 4.98. The minimum atomic E-state index is -3.39. The van der Waals surface area contributed by atoms with Gasteiger partial charge in [-0.2, -0.15) is 0 Å². The van der Waals surface area contributed by atoms with Crippen molar-refractivity contribution >= 4 is 46.1 Å². The average Bonchev–Trinajstić information content (AvgIpc) is 3.45. The quantitative estimate of drug-likeness (QED) is 0.144. The number of hydrogen-bond donors (Lipinski definition) is 2. The van der Waals surface area contributed by atoms with E-state index in [1.807, 2.05) is 60.7 Å². The Kier molecular flexibility index (Phi) is 7.53. The minimum absolute atomic E-state index is 0.542. The van der Waals surface area contributed by atoms with Gasteiger partial charge >= 0.3 is 271 Å². The van der Waals surface area contributed by atoms with E-state index in [0.717, 1.165) is 78.9 Å². The molecule has 0 spiro atoms. The van der Waals surface area contributed by atoms with Crippen LogP contribution < -0.4 is 16.3 Å². The van der Waals surface area contributed by atoms with Gasteiger partial charge in [0, 0.05) is 0 Å². The van der Waals surface area contributed by atoms with Crippen molar-refractivity contribution in [3.63, 3.8) is 0 Å². The molecule has 6 aromatic rings. The summed E-state index contributed by atoms with van der Waals surface area (Å²) in [6.07, 6.45) is 8.38. The normalized spacial score (nSPS) is 16.3. The summed E-state index contributed by atoms with van der Waals surface area (Å²) in [5, 5.41) is 4.12. The Bertz CT molecular complexity index is 2230. The standard InChI is InChI=1S/C42H36N3OP/c43-40(28-36(31-18-6-2-7-19-31)44-29-30-16-4-1-5-17-30)45-37-25-13-10-22-33(37)41-34-23-11-14-26-38(34)47(46,32-20-8-3-9-21-32)39-27-15-12-24-35(39)42(41)45/h1-11,13-14,16-28,46-47H,12,15,29,43H2/b40-28+,44-36+. The van der Waals surface area contributed by atoms with Crippen molar-refractivity contribution < 1.29 is 4.89 Å². The summed E-state index contributed by atoms with van der Waals surface area (Å²) in [4.78, 5) is 18.3. The van der Waals surface area contributed by atoms with Gasteiger partial charge in [-0.25, -0.2) is 0 Å². The molecule has 5 heteroatoms. The van der Waals surface area contributed by atoms with E-state index >= 15 is 0 Å². The zero-order chi connectivity index (χ0) is 31.8. The zero-order valence-electron chi connectivity index (χ0n) is 26.1. The molecule has 1 aromatic heterocycles. The van der Waals surface area contributed by atoms with Gasteiger partial charge in [0.1, 0.15) is 0 Å². The Morgan fingerprint density at radius 2 is 1.38 bits per heavy atom. The van der Waals surface area contributed by atoms with Crippen LogP contribution in [0.4, 0.5) is 0 Å². The van der Waals surface area contributed by atoms with Gasteiger partial charge < -0.3 is 0 Å². The Morgan fingerprint density at radius 3 is 2.17 bits per heavy atom. The molecule has 8 rings (SSSR count). The summed E-state index contributed by atoms with van der Waals surface area (Å²) in [5.41, 5.74) is 15.5. The third-order valence-electron chi connectivity index (χ3n) is 9.34. The molecule has 0 saturated heterocycles. The van der Waals surface area contributed by atoms with Crippen molar-refractivity contribution in [3.05, 3.63) is 180 Å². The van der Waals surface area contributed by atoms with Crippen molar-refractivity contribution in [3.8, 4) is 11.1 Å². The van der Waals surface area contributed by atoms with Crippen LogP contribution in [-0.4, -0.2) is 15.2 Å². The summed E-state index contributed by atoms with van der Waals surface area (Å²) in [6, 6.07) is 47.7. The first-order chi connectivity index (χ1) is 23.1. The van der Waals surface area contributed by atoms with Crippen LogP contribution in [0.3, 0.4) is 0 Å². The number of benzene rings is 5. The summed E-state index contributed by atoms with van der Waals surface area (Å²) in [7, 11) is -3.39. The fraction of sp³-hybridized carbons (Fsp3) is 0.0714. The first-order valence-electron chi connectivity index (χ1n) is 16.2. The number of nitrogens with zero attached hydrogens (tertiary/aromatic N) is 2. The van der Waals surface area contributed by atoms with E-state index in [1.165, 1.54) is 0 Å². The van der Waals surface area contributed by atoms with Gasteiger partial charge in [0.2, 0.25) is 0 Å². The molecular formula is C42H36N3OP. The van der Waals surface area contributed by atoms with E-state index in [-0.39, 0.29) is 0 Å². The predicted molar refractivity (Wildman–Crippen MR) is 200 cm³/mol. The molecule has 2 heterocycles. The van der Waals surface area contributed by atoms with Crippen LogP contribution in [0.5, 0.6) is 0 Å². The second kappa shape index (κ2) is 12.1. The predicted octanol–water partition coefficient (Wildman–Crippen LogP) is 8.44. The molecule has 47 heavy (non-hydrogen) atoms. The van der Waals surface area contributed by atoms with Crippen LogP contribution in [0.15, 0.2) is 168 Å². The van der Waals surface area contributed by atoms with Crippen LogP contribution in [-0.2, 0) is 6.54 Å². The number of fused-ring (bicyclic) bond motifs is 7. The van der Waals surface area contributed by atoms with Crippen molar-refractivity contribution in [2.24, 2.45) is 10.7 Å². The number of aliphatic imine (C=N–C) groups is 1. The van der Waals surface area contributed by atoms with Crippen LogP contribution in [0.1, 0.15) is 29.7 Å². The number of aromatic nitrogens is 1. The molecule has 0 atom stereocenters. The molecule has 3 N–H and O–H groups in total. The molecule has 1 aliphatic carbocycles. The van der Waals surface area contributed by atoms with Crippen molar-refractivity contribution in [2.45, 2.75) is 19.4 Å². The van der Waals surface area contributed by atoms with E-state index in [1.54, 1.807) is 0 Å². The van der Waals surface area contributed by atoms with Crippen LogP contribution >= 0.6 is 7.49 Å². The molecule has 0 unspecified atom stereocenters. The summed E-state index contributed by atoms with van der Waals surface area (Å²) in [6.45, 7) is 0.542. The molecule has 4 nitrogen and oxygen atoms in total. The monoisotopic (exact) mass is 629 g/mol. The summed E-state index contributed by atoms with van der Waals surface area (Å²) >= 11 is 0. The van der Waals surface area contributed by atoms with E-state index in [4.69, 9.17) is 10.7 Å². The molecule has 5 aromatic carbocycles. The van der Waals surface area contributed by atoms with Gasteiger partial charge in [0.15, 0.2) is 0 Å². The van der Waals surface area contributed by atoms with Crippen molar-refractivity contribution in [1.82, 2.24) is 4.57 Å². The Labute approximate surface area is 276 Å². The summed E-state index contributed by atoms with van der Waals surface area (Å²) in [5.74, 6) is 0.577. The van der Waals surface area contributed by atoms with Crippen LogP contribution in [0.2, 0.25) is 0 Å². The second-order valence-corrected chi connectivity index (χ2v) is 15.2. The maximum absolute atomic E-state index is 13.2. The zero-order valence-corrected chi connectivity index (χ0v) is 27.1. The van der Waals surface area contributed by atoms with Crippen molar-refractivity contribution in [2.75, 3.05) is 0 Å². The van der Waals surface area contributed by atoms with Gasteiger partial charge in [-0.05, 0) is 0 Å². The first-order valence-corrected chi connectivity index (χ1v) is 18.1. The first kappa shape index (κ1) is 29.1. The van der Waals surface area contributed by atoms with E-state index in [0.29, 0.717) is 12.4 Å². The summed E-state index contributed by atoms with van der Waals surface area (Å²) < 4.78 is 2.19. The molecule has 0 saturated carbocycles. The Hall–Kier alpha value is -5.28. The van der Waals surface area contributed by atoms with Gasteiger partial charge in [-0.3, -0.25) is 0 Å². The number of allylic oxidation sites excluding steroid dienone is 5. The molecule has 0 amide bonds. The van der Waals surface area contributed by atoms with Crippen LogP contribution in [0.25, 0.3) is 33.4 Å². The van der Waals surface area contributed by atoms with Gasteiger partial charge in [0.05, 0.1) is 0 Å². The molecule has 230 valence electrons. The SMILES string of the molecule is N/C(=C\C(=N/Cc1ccccc1)c1ccccc1)n1c2c(c3ccccc31)-c1ccccc1[PH](O)(c1ccccc1)C1=CCCC=C12. The molecular weight excluding hydrogens is 593 g/mol. The fourth-order valence-corrected chi connectivity index (χ4v) is 10.8. The number of para-hydroxylation sites is 1. The fourth-order valence-electron chi connectivity index (χ4n) is 7.22. The molecule has 0 radical (unpaired) electrons. The van der Waals surface area contributed by atoms with E-state index in [2.05, 4.69) is 102 Å². The maximum atomic E-state index is 13.2. The molecule has 0 bridgehead atoms. The number of hydrogen-bond acceptors (Lipinski definition) is 3. The Balaban J connectivity index is 1.40. The Morgan fingerprint density at radius 1 is 0.745 bits per heavy atom. The average molecular weight is 630 g/mol. The molecule has 1 aliphatic heterocycles. The van der Waals surface area contributed by atoms with E-state index in [9.17, 15) is 4.89 Å². The van der Waals surface area contributed by atoms with E-state index < -0.39 is 7.49 Å². The second-order valence-electron chi connectivity index (χ2n) is 12.1. The molecule has 2 aliphatic rings. The topological polar surface area (TPSA) is 63.5 Å². The van der Waals surface area contributed by atoms with Crippen LogP contribution in [0, 0.1) is 0 Å². The van der Waals surface area contributed by atoms with Gasteiger partial charge in [0.25, 0.3) is 0 Å². The van der Waals surface area contributed by atoms with Gasteiger partial charge in [-0.15, -0.1) is 0 Å². The number of rotatable bonds is 6.